The molecule has 9 heteroatoms. The number of nitro benzene ring substituents is 1. The molecule has 1 atom stereocenters. The van der Waals surface area contributed by atoms with Crippen LogP contribution in [0, 0.1) is 10.1 Å². The predicted octanol–water partition coefficient (Wildman–Crippen LogP) is 3.62. The maximum Gasteiger partial charge on any atom is 0.301 e. The van der Waals surface area contributed by atoms with Gasteiger partial charge in [0, 0.05) is 23.9 Å². The molecular formula is C23H17N3O6. The highest BCUT2D eigenvalue weighted by Gasteiger charge is 2.47. The summed E-state index contributed by atoms with van der Waals surface area (Å²) >= 11 is 0. The second kappa shape index (κ2) is 8.31. The van der Waals surface area contributed by atoms with Crippen LogP contribution < -0.4 is 9.64 Å². The van der Waals surface area contributed by atoms with Gasteiger partial charge in [0.15, 0.2) is 0 Å². The van der Waals surface area contributed by atoms with Gasteiger partial charge in [-0.05, 0) is 54.1 Å². The van der Waals surface area contributed by atoms with Crippen LogP contribution in [-0.2, 0) is 9.59 Å². The molecule has 2 aromatic carbocycles. The Morgan fingerprint density at radius 2 is 1.75 bits per heavy atom. The number of Topliss-reactive ketones (excluding diaryl/α,β-unsaturated/α-hetero) is 1. The van der Waals surface area contributed by atoms with Gasteiger partial charge in [0.2, 0.25) is 0 Å². The molecule has 2 heterocycles. The van der Waals surface area contributed by atoms with Crippen molar-refractivity contribution >= 4 is 29.0 Å². The smallest absolute Gasteiger partial charge is 0.301 e. The van der Waals surface area contributed by atoms with Crippen LogP contribution in [0.15, 0.2) is 78.5 Å². The van der Waals surface area contributed by atoms with E-state index >= 15 is 0 Å². The van der Waals surface area contributed by atoms with Crippen molar-refractivity contribution in [3.8, 4) is 5.75 Å². The van der Waals surface area contributed by atoms with Gasteiger partial charge in [-0.1, -0.05) is 6.07 Å². The molecule has 4 rings (SSSR count). The molecular weight excluding hydrogens is 414 g/mol. The van der Waals surface area contributed by atoms with Crippen LogP contribution in [0.4, 0.5) is 11.5 Å². The Balaban J connectivity index is 1.90. The number of ketones is 1. The number of carbonyl (C=O) groups excluding carboxylic acids is 2. The summed E-state index contributed by atoms with van der Waals surface area (Å²) in [4.78, 5) is 41.9. The van der Waals surface area contributed by atoms with E-state index in [1.807, 2.05) is 0 Å². The number of benzene rings is 2. The summed E-state index contributed by atoms with van der Waals surface area (Å²) in [5, 5.41) is 22.1. The largest absolute Gasteiger partial charge is 0.507 e. The van der Waals surface area contributed by atoms with Crippen LogP contribution in [0.1, 0.15) is 17.2 Å². The zero-order chi connectivity index (χ0) is 22.8. The molecule has 3 aromatic rings. The first-order chi connectivity index (χ1) is 15.4. The van der Waals surface area contributed by atoms with E-state index in [1.165, 1.54) is 42.5 Å². The number of hydrogen-bond acceptors (Lipinski definition) is 7. The summed E-state index contributed by atoms with van der Waals surface area (Å²) in [6.07, 6.45) is 1.48. The van der Waals surface area contributed by atoms with Gasteiger partial charge in [-0.3, -0.25) is 24.6 Å². The van der Waals surface area contributed by atoms with Crippen molar-refractivity contribution in [2.24, 2.45) is 0 Å². The van der Waals surface area contributed by atoms with Crippen molar-refractivity contribution in [3.05, 3.63) is 99.7 Å². The van der Waals surface area contributed by atoms with Crippen molar-refractivity contribution in [2.75, 3.05) is 12.0 Å². The molecule has 9 nitrogen and oxygen atoms in total. The lowest BCUT2D eigenvalue weighted by Gasteiger charge is -2.24. The molecule has 1 N–H and O–H groups in total. The fourth-order valence-corrected chi connectivity index (χ4v) is 3.56. The molecule has 1 aliphatic heterocycles. The Morgan fingerprint density at radius 1 is 1.06 bits per heavy atom. The molecule has 0 aliphatic carbocycles. The van der Waals surface area contributed by atoms with Crippen LogP contribution in [0.25, 0.3) is 5.76 Å². The van der Waals surface area contributed by atoms with Gasteiger partial charge in [0.05, 0.1) is 23.6 Å². The number of pyridine rings is 1. The molecule has 1 amide bonds. The Hall–Kier alpha value is -4.53. The van der Waals surface area contributed by atoms with Gasteiger partial charge in [0.1, 0.15) is 17.3 Å². The van der Waals surface area contributed by atoms with Crippen molar-refractivity contribution in [1.29, 1.82) is 0 Å². The van der Waals surface area contributed by atoms with E-state index in [1.54, 1.807) is 42.5 Å². The second-order valence-electron chi connectivity index (χ2n) is 6.93. The quantitative estimate of drug-likeness (QED) is 0.215. The monoisotopic (exact) mass is 431 g/mol. The number of ether oxygens (including phenoxy) is 1. The second-order valence-corrected chi connectivity index (χ2v) is 6.93. The highest BCUT2D eigenvalue weighted by molar-refractivity contribution is 6.51. The third-order valence-corrected chi connectivity index (χ3v) is 5.12. The van der Waals surface area contributed by atoms with Crippen LogP contribution in [0.5, 0.6) is 5.75 Å². The van der Waals surface area contributed by atoms with E-state index in [4.69, 9.17) is 4.74 Å². The number of nitro groups is 1. The summed E-state index contributed by atoms with van der Waals surface area (Å²) in [6.45, 7) is 0. The third-order valence-electron chi connectivity index (χ3n) is 5.12. The number of aliphatic hydroxyl groups is 1. The number of aliphatic hydroxyl groups excluding tert-OH is 1. The van der Waals surface area contributed by atoms with Crippen LogP contribution in [0.3, 0.4) is 0 Å². The molecule has 0 radical (unpaired) electrons. The van der Waals surface area contributed by atoms with E-state index in [9.17, 15) is 24.8 Å². The van der Waals surface area contributed by atoms with Gasteiger partial charge in [-0.2, -0.15) is 0 Å². The fraction of sp³-hybridized carbons (Fsp3) is 0.0870. The van der Waals surface area contributed by atoms with Gasteiger partial charge in [0.25, 0.3) is 11.5 Å². The number of non-ortho nitro benzene ring substituents is 1. The summed E-state index contributed by atoms with van der Waals surface area (Å²) in [6, 6.07) is 15.7. The van der Waals surface area contributed by atoms with E-state index in [0.29, 0.717) is 16.9 Å². The third kappa shape index (κ3) is 3.56. The number of anilines is 1. The Bertz CT molecular complexity index is 1220. The van der Waals surface area contributed by atoms with Gasteiger partial charge >= 0.3 is 5.91 Å². The molecule has 1 unspecified atom stereocenters. The predicted molar refractivity (Wildman–Crippen MR) is 115 cm³/mol. The van der Waals surface area contributed by atoms with Gasteiger partial charge in [-0.25, -0.2) is 4.98 Å². The number of rotatable bonds is 5. The van der Waals surface area contributed by atoms with Crippen LogP contribution in [-0.4, -0.2) is 33.8 Å². The molecule has 160 valence electrons. The minimum atomic E-state index is -1.02. The van der Waals surface area contributed by atoms with Gasteiger partial charge in [-0.15, -0.1) is 0 Å². The number of nitrogens with zero attached hydrogens (tertiary/aromatic N) is 3. The molecule has 1 aliphatic rings. The summed E-state index contributed by atoms with van der Waals surface area (Å²) < 4.78 is 5.12. The minimum absolute atomic E-state index is 0.139. The Labute approximate surface area is 182 Å². The van der Waals surface area contributed by atoms with E-state index in [0.717, 1.165) is 0 Å². The standard InChI is InChI=1S/C23H17N3O6/c1-32-17-11-7-15(8-12-17)21(27)19-20(14-5-9-16(10-6-14)26(30)31)25(23(29)22(19)28)18-4-2-3-13-24-18/h2-13,20,27H,1H3/b21-19-. The van der Waals surface area contributed by atoms with Crippen LogP contribution >= 0.6 is 0 Å². The average Bonchev–Trinajstić information content (AvgIpc) is 3.09. The van der Waals surface area contributed by atoms with Crippen molar-refractivity contribution in [1.82, 2.24) is 4.98 Å². The summed E-state index contributed by atoms with van der Waals surface area (Å²) in [5.41, 5.74) is 0.450. The lowest BCUT2D eigenvalue weighted by molar-refractivity contribution is -0.384. The zero-order valence-corrected chi connectivity index (χ0v) is 16.8. The number of hydrogen-bond donors (Lipinski definition) is 1. The zero-order valence-electron chi connectivity index (χ0n) is 16.8. The Kier molecular flexibility index (Phi) is 5.38. The first kappa shape index (κ1) is 20.7. The molecule has 32 heavy (non-hydrogen) atoms. The van der Waals surface area contributed by atoms with E-state index in [2.05, 4.69) is 4.98 Å². The van der Waals surface area contributed by atoms with E-state index in [-0.39, 0.29) is 22.8 Å². The number of carbonyl (C=O) groups is 2. The highest BCUT2D eigenvalue weighted by Crippen LogP contribution is 2.41. The minimum Gasteiger partial charge on any atom is -0.507 e. The summed E-state index contributed by atoms with van der Waals surface area (Å²) in [5.74, 6) is -1.34. The Morgan fingerprint density at radius 3 is 2.31 bits per heavy atom. The first-order valence-electron chi connectivity index (χ1n) is 9.53. The molecule has 0 saturated carbocycles. The van der Waals surface area contributed by atoms with Crippen LogP contribution in [0.2, 0.25) is 0 Å². The number of aromatic nitrogens is 1. The molecule has 1 fully saturated rings. The molecule has 0 bridgehead atoms. The van der Waals surface area contributed by atoms with Crippen molar-refractivity contribution < 1.29 is 24.4 Å². The SMILES string of the molecule is COc1ccc(/C(O)=C2/C(=O)C(=O)N(c3ccccn3)C2c2ccc([N+](=O)[O-])cc2)cc1. The number of methoxy groups -OCH3 is 1. The number of amides is 1. The maximum absolute atomic E-state index is 13.0. The molecule has 1 aromatic heterocycles. The average molecular weight is 431 g/mol. The lowest BCUT2D eigenvalue weighted by Crippen LogP contribution is -2.30. The molecule has 0 spiro atoms. The topological polar surface area (TPSA) is 123 Å². The lowest BCUT2D eigenvalue weighted by atomic mass is 9.95. The van der Waals surface area contributed by atoms with E-state index < -0.39 is 22.7 Å². The first-order valence-corrected chi connectivity index (χ1v) is 9.53. The van der Waals surface area contributed by atoms with Gasteiger partial charge < -0.3 is 9.84 Å². The maximum atomic E-state index is 13.0. The van der Waals surface area contributed by atoms with Crippen molar-refractivity contribution in [3.63, 3.8) is 0 Å². The fourth-order valence-electron chi connectivity index (χ4n) is 3.56. The normalized spacial score (nSPS) is 17.4. The van der Waals surface area contributed by atoms with Crippen molar-refractivity contribution in [2.45, 2.75) is 6.04 Å². The molecule has 1 saturated heterocycles. The highest BCUT2D eigenvalue weighted by atomic mass is 16.6. The summed E-state index contributed by atoms with van der Waals surface area (Å²) in [7, 11) is 1.50.